The number of piperidine rings is 1. The molecule has 0 saturated carbocycles. The van der Waals surface area contributed by atoms with Crippen LogP contribution in [0, 0.1) is 6.92 Å². The number of hydrogen-bond acceptors (Lipinski definition) is 6. The van der Waals surface area contributed by atoms with Crippen molar-refractivity contribution in [2.75, 3.05) is 55.1 Å². The summed E-state index contributed by atoms with van der Waals surface area (Å²) in [5.41, 5.74) is 3.99. The standard InChI is InChI=1S/C22H32N6O3S/c1-18-6-7-19(20(16-18)26-9-4-3-5-10-26)17-25-12-14-27(15-13-25)22(29)28-11-8-21(23-28)24-32(2,30)31/h6-8,11,16H,3-5,9-10,12-15,17H2,1-2H3,(H,23,24). The number of nitrogens with one attached hydrogen (secondary N) is 1. The molecule has 2 aromatic rings. The van der Waals surface area contributed by atoms with Gasteiger partial charge in [-0.25, -0.2) is 13.2 Å². The Balaban J connectivity index is 1.36. The number of carbonyl (C=O) groups excluding carboxylic acids is 1. The zero-order valence-electron chi connectivity index (χ0n) is 18.8. The van der Waals surface area contributed by atoms with Crippen LogP contribution in [0.1, 0.15) is 30.4 Å². The summed E-state index contributed by atoms with van der Waals surface area (Å²) in [6.45, 7) is 8.06. The second kappa shape index (κ2) is 9.50. The van der Waals surface area contributed by atoms with Crippen LogP contribution in [0.4, 0.5) is 16.3 Å². The lowest BCUT2D eigenvalue weighted by Crippen LogP contribution is -2.49. The van der Waals surface area contributed by atoms with E-state index in [1.807, 2.05) is 0 Å². The first-order valence-electron chi connectivity index (χ1n) is 11.2. The van der Waals surface area contributed by atoms with Gasteiger partial charge in [0.2, 0.25) is 10.0 Å². The van der Waals surface area contributed by atoms with Crippen molar-refractivity contribution in [3.05, 3.63) is 41.6 Å². The third-order valence-electron chi connectivity index (χ3n) is 6.05. The summed E-state index contributed by atoms with van der Waals surface area (Å²) in [6.07, 6.45) is 6.36. The van der Waals surface area contributed by atoms with E-state index in [2.05, 4.69) is 44.7 Å². The van der Waals surface area contributed by atoms with E-state index in [0.717, 1.165) is 39.0 Å². The highest BCUT2D eigenvalue weighted by molar-refractivity contribution is 7.92. The number of carbonyl (C=O) groups is 1. The van der Waals surface area contributed by atoms with Gasteiger partial charge in [0.05, 0.1) is 6.26 Å². The monoisotopic (exact) mass is 460 g/mol. The molecule has 2 aliphatic heterocycles. The highest BCUT2D eigenvalue weighted by Gasteiger charge is 2.24. The Morgan fingerprint density at radius 3 is 2.44 bits per heavy atom. The highest BCUT2D eigenvalue weighted by Crippen LogP contribution is 2.27. The third kappa shape index (κ3) is 5.60. The van der Waals surface area contributed by atoms with Gasteiger partial charge in [-0.15, -0.1) is 5.10 Å². The minimum absolute atomic E-state index is 0.143. The number of piperazine rings is 1. The number of sulfonamides is 1. The Morgan fingerprint density at radius 2 is 1.75 bits per heavy atom. The quantitative estimate of drug-likeness (QED) is 0.737. The van der Waals surface area contributed by atoms with Gasteiger partial charge < -0.3 is 9.80 Å². The van der Waals surface area contributed by atoms with Crippen LogP contribution in [-0.2, 0) is 16.6 Å². The fourth-order valence-corrected chi connectivity index (χ4v) is 4.88. The number of nitrogens with zero attached hydrogens (tertiary/aromatic N) is 5. The molecule has 174 valence electrons. The van der Waals surface area contributed by atoms with Crippen molar-refractivity contribution in [2.24, 2.45) is 0 Å². The molecular formula is C22H32N6O3S. The summed E-state index contributed by atoms with van der Waals surface area (Å²) < 4.78 is 26.2. The molecular weight excluding hydrogens is 428 g/mol. The maximum atomic E-state index is 12.8. The Bertz CT molecular complexity index is 1050. The van der Waals surface area contributed by atoms with E-state index in [9.17, 15) is 13.2 Å². The summed E-state index contributed by atoms with van der Waals surface area (Å²) in [6, 6.07) is 7.98. The Hall–Kier alpha value is -2.59. The molecule has 0 radical (unpaired) electrons. The number of hydrogen-bond donors (Lipinski definition) is 1. The van der Waals surface area contributed by atoms with Crippen LogP contribution in [0.25, 0.3) is 0 Å². The van der Waals surface area contributed by atoms with E-state index in [0.29, 0.717) is 13.1 Å². The van der Waals surface area contributed by atoms with E-state index < -0.39 is 10.0 Å². The lowest BCUT2D eigenvalue weighted by molar-refractivity contribution is 0.134. The molecule has 0 spiro atoms. The first kappa shape index (κ1) is 22.6. The molecule has 2 fully saturated rings. The van der Waals surface area contributed by atoms with Crippen LogP contribution in [0.15, 0.2) is 30.5 Å². The van der Waals surface area contributed by atoms with Gasteiger partial charge in [0, 0.05) is 63.8 Å². The molecule has 4 rings (SSSR count). The van der Waals surface area contributed by atoms with Crippen LogP contribution in [-0.4, -0.2) is 79.6 Å². The molecule has 3 heterocycles. The number of aryl methyl sites for hydroxylation is 1. The molecule has 0 atom stereocenters. The molecule has 0 aliphatic carbocycles. The van der Waals surface area contributed by atoms with Crippen LogP contribution >= 0.6 is 0 Å². The molecule has 9 nitrogen and oxygen atoms in total. The van der Waals surface area contributed by atoms with Crippen molar-refractivity contribution in [1.29, 1.82) is 0 Å². The molecule has 2 aliphatic rings. The molecule has 2 saturated heterocycles. The van der Waals surface area contributed by atoms with Crippen molar-refractivity contribution in [2.45, 2.75) is 32.7 Å². The van der Waals surface area contributed by atoms with Gasteiger partial charge >= 0.3 is 6.03 Å². The van der Waals surface area contributed by atoms with Gasteiger partial charge in [-0.3, -0.25) is 9.62 Å². The Kier molecular flexibility index (Phi) is 6.71. The molecule has 10 heteroatoms. The number of amides is 1. The minimum Gasteiger partial charge on any atom is -0.371 e. The van der Waals surface area contributed by atoms with Crippen LogP contribution in [0.5, 0.6) is 0 Å². The lowest BCUT2D eigenvalue weighted by Gasteiger charge is -2.36. The molecule has 1 N–H and O–H groups in total. The van der Waals surface area contributed by atoms with Crippen molar-refractivity contribution in [3.63, 3.8) is 0 Å². The highest BCUT2D eigenvalue weighted by atomic mass is 32.2. The Labute approximate surface area is 190 Å². The summed E-state index contributed by atoms with van der Waals surface area (Å²) in [5.74, 6) is 0.143. The predicted molar refractivity (Wildman–Crippen MR) is 126 cm³/mol. The van der Waals surface area contributed by atoms with E-state index in [1.54, 1.807) is 4.90 Å². The zero-order valence-corrected chi connectivity index (χ0v) is 19.6. The van der Waals surface area contributed by atoms with Crippen molar-refractivity contribution in [3.8, 4) is 0 Å². The molecule has 0 bridgehead atoms. The van der Waals surface area contributed by atoms with E-state index in [4.69, 9.17) is 0 Å². The van der Waals surface area contributed by atoms with Crippen molar-refractivity contribution < 1.29 is 13.2 Å². The average Bonchev–Trinajstić information content (AvgIpc) is 3.22. The topological polar surface area (TPSA) is 90.8 Å². The summed E-state index contributed by atoms with van der Waals surface area (Å²) in [7, 11) is -3.43. The minimum atomic E-state index is -3.43. The normalized spacial score (nSPS) is 18.1. The number of aromatic nitrogens is 2. The first-order valence-corrected chi connectivity index (χ1v) is 13.1. The van der Waals surface area contributed by atoms with Crippen LogP contribution < -0.4 is 9.62 Å². The number of anilines is 2. The second-order valence-corrected chi connectivity index (χ2v) is 10.5. The summed E-state index contributed by atoms with van der Waals surface area (Å²) >= 11 is 0. The maximum absolute atomic E-state index is 12.8. The van der Waals surface area contributed by atoms with E-state index in [1.165, 1.54) is 53.0 Å². The van der Waals surface area contributed by atoms with Crippen LogP contribution in [0.2, 0.25) is 0 Å². The first-order chi connectivity index (χ1) is 15.3. The maximum Gasteiger partial charge on any atom is 0.344 e. The Morgan fingerprint density at radius 1 is 1.03 bits per heavy atom. The van der Waals surface area contributed by atoms with Gasteiger partial charge in [0.15, 0.2) is 5.82 Å². The fraction of sp³-hybridized carbons (Fsp3) is 0.545. The predicted octanol–water partition coefficient (Wildman–Crippen LogP) is 2.34. The summed E-state index contributed by atoms with van der Waals surface area (Å²) in [5, 5.41) is 4.05. The molecule has 1 aromatic carbocycles. The molecule has 1 amide bonds. The molecule has 32 heavy (non-hydrogen) atoms. The smallest absolute Gasteiger partial charge is 0.344 e. The summed E-state index contributed by atoms with van der Waals surface area (Å²) in [4.78, 5) is 19.4. The second-order valence-electron chi connectivity index (χ2n) is 8.75. The fourth-order valence-electron chi connectivity index (χ4n) is 4.39. The van der Waals surface area contributed by atoms with Crippen LogP contribution in [0.3, 0.4) is 0 Å². The van der Waals surface area contributed by atoms with Gasteiger partial charge in [0.25, 0.3) is 0 Å². The van der Waals surface area contributed by atoms with Gasteiger partial charge in [0.1, 0.15) is 0 Å². The average molecular weight is 461 g/mol. The third-order valence-corrected chi connectivity index (χ3v) is 6.63. The van der Waals surface area contributed by atoms with E-state index >= 15 is 0 Å². The van der Waals surface area contributed by atoms with E-state index in [-0.39, 0.29) is 11.8 Å². The largest absolute Gasteiger partial charge is 0.371 e. The van der Waals surface area contributed by atoms with Crippen molar-refractivity contribution >= 4 is 27.6 Å². The lowest BCUT2D eigenvalue weighted by atomic mass is 10.0. The number of rotatable bonds is 5. The SMILES string of the molecule is Cc1ccc(CN2CCN(C(=O)n3ccc(NS(C)(=O)=O)n3)CC2)c(N2CCCCC2)c1. The molecule has 0 unspecified atom stereocenters. The van der Waals surface area contributed by atoms with Gasteiger partial charge in [-0.1, -0.05) is 12.1 Å². The van der Waals surface area contributed by atoms with Crippen molar-refractivity contribution in [1.82, 2.24) is 19.6 Å². The zero-order chi connectivity index (χ0) is 22.7. The van der Waals surface area contributed by atoms with Gasteiger partial charge in [-0.05, 0) is 43.4 Å². The molecule has 1 aromatic heterocycles. The van der Waals surface area contributed by atoms with Gasteiger partial charge in [-0.2, -0.15) is 4.68 Å². The number of benzene rings is 1.